The Bertz CT molecular complexity index is 933. The number of benzene rings is 1. The second-order valence-electron chi connectivity index (χ2n) is 6.10. The molecule has 0 radical (unpaired) electrons. The van der Waals surface area contributed by atoms with Gasteiger partial charge in [0.25, 0.3) is 15.9 Å². The quantitative estimate of drug-likeness (QED) is 0.729. The molecule has 1 saturated heterocycles. The van der Waals surface area contributed by atoms with Crippen molar-refractivity contribution < 1.29 is 22.4 Å². The highest BCUT2D eigenvalue weighted by Crippen LogP contribution is 2.21. The van der Waals surface area contributed by atoms with Gasteiger partial charge in [0.05, 0.1) is 0 Å². The van der Waals surface area contributed by atoms with Crippen LogP contribution in [-0.2, 0) is 14.8 Å². The molecule has 0 spiro atoms. The molecule has 3 rings (SSSR count). The minimum atomic E-state index is -3.91. The van der Waals surface area contributed by atoms with E-state index in [1.165, 1.54) is 16.4 Å². The van der Waals surface area contributed by atoms with Crippen LogP contribution in [0.2, 0.25) is 0 Å². The number of sulfonamides is 1. The van der Waals surface area contributed by atoms with Crippen molar-refractivity contribution in [1.82, 2.24) is 9.21 Å². The molecule has 1 aliphatic heterocycles. The zero-order valence-corrected chi connectivity index (χ0v) is 15.3. The summed E-state index contributed by atoms with van der Waals surface area (Å²) in [5, 5.41) is -0.350. The average Bonchev–Trinajstić information content (AvgIpc) is 3.19. The molecule has 9 nitrogen and oxygen atoms in total. The maximum Gasteiger partial charge on any atom is 0.284 e. The normalized spacial score (nSPS) is 16.9. The zero-order chi connectivity index (χ0) is 19.6. The maximum absolute atomic E-state index is 12.6. The van der Waals surface area contributed by atoms with Gasteiger partial charge in [0.1, 0.15) is 6.04 Å². The number of nitrogens with two attached hydrogens (primary N) is 2. The molecule has 27 heavy (non-hydrogen) atoms. The van der Waals surface area contributed by atoms with Crippen LogP contribution in [0.3, 0.4) is 0 Å². The molecular formula is C17H20N4O5S. The molecule has 1 aliphatic rings. The summed E-state index contributed by atoms with van der Waals surface area (Å²) in [4.78, 5) is 25.2. The van der Waals surface area contributed by atoms with Gasteiger partial charge in [0, 0.05) is 26.2 Å². The standard InChI is InChI=1S/C17H20N4O5S/c18-15(12-4-2-1-3-5-12)17(23)20-8-10-21(11-9-20)27(24,25)14-7-6-13(26-14)16(19)22/h1-7,15H,8-11,18H2,(H2,19,22). The van der Waals surface area contributed by atoms with E-state index in [9.17, 15) is 18.0 Å². The van der Waals surface area contributed by atoms with Gasteiger partial charge >= 0.3 is 0 Å². The van der Waals surface area contributed by atoms with E-state index in [-0.39, 0.29) is 42.9 Å². The second kappa shape index (κ2) is 7.51. The van der Waals surface area contributed by atoms with Crippen molar-refractivity contribution in [2.45, 2.75) is 11.1 Å². The molecular weight excluding hydrogens is 372 g/mol. The molecule has 0 bridgehead atoms. The first-order valence-electron chi connectivity index (χ1n) is 8.30. The molecule has 1 aromatic heterocycles. The largest absolute Gasteiger partial charge is 0.438 e. The number of furan rings is 1. The predicted molar refractivity (Wildman–Crippen MR) is 95.9 cm³/mol. The van der Waals surface area contributed by atoms with Gasteiger partial charge < -0.3 is 20.8 Å². The van der Waals surface area contributed by atoms with Crippen LogP contribution < -0.4 is 11.5 Å². The van der Waals surface area contributed by atoms with Crippen LogP contribution in [0.1, 0.15) is 22.2 Å². The molecule has 2 amide bonds. The molecule has 0 saturated carbocycles. The molecule has 2 aromatic rings. The Kier molecular flexibility index (Phi) is 5.31. The molecule has 10 heteroatoms. The monoisotopic (exact) mass is 392 g/mol. The lowest BCUT2D eigenvalue weighted by Crippen LogP contribution is -2.52. The first kappa shape index (κ1) is 19.1. The number of carbonyl (C=O) groups excluding carboxylic acids is 2. The maximum atomic E-state index is 12.6. The van der Waals surface area contributed by atoms with E-state index in [4.69, 9.17) is 15.9 Å². The number of primary amides is 1. The van der Waals surface area contributed by atoms with Gasteiger partial charge in [-0.3, -0.25) is 9.59 Å². The molecule has 1 atom stereocenters. The third-order valence-corrected chi connectivity index (χ3v) is 6.17. The Balaban J connectivity index is 1.65. The summed E-state index contributed by atoms with van der Waals surface area (Å²) in [5.74, 6) is -1.33. The number of hydrogen-bond donors (Lipinski definition) is 2. The number of carbonyl (C=O) groups is 2. The third-order valence-electron chi connectivity index (χ3n) is 4.39. The number of hydrogen-bond acceptors (Lipinski definition) is 6. The van der Waals surface area contributed by atoms with Gasteiger partial charge in [-0.05, 0) is 17.7 Å². The number of nitrogens with zero attached hydrogens (tertiary/aromatic N) is 2. The van der Waals surface area contributed by atoms with Crippen LogP contribution in [0.5, 0.6) is 0 Å². The lowest BCUT2D eigenvalue weighted by Gasteiger charge is -2.34. The summed E-state index contributed by atoms with van der Waals surface area (Å²) in [6, 6.07) is 10.6. The van der Waals surface area contributed by atoms with Gasteiger partial charge in [0.15, 0.2) is 5.76 Å². The molecule has 4 N–H and O–H groups in total. The topological polar surface area (TPSA) is 140 Å². The molecule has 1 fully saturated rings. The summed E-state index contributed by atoms with van der Waals surface area (Å²) >= 11 is 0. The van der Waals surface area contributed by atoms with Gasteiger partial charge in [-0.2, -0.15) is 4.31 Å². The Morgan fingerprint density at radius 1 is 1.00 bits per heavy atom. The second-order valence-corrected chi connectivity index (χ2v) is 7.97. The fourth-order valence-electron chi connectivity index (χ4n) is 2.87. The smallest absolute Gasteiger partial charge is 0.284 e. The summed E-state index contributed by atoms with van der Waals surface area (Å²) < 4.78 is 31.4. The van der Waals surface area contributed by atoms with E-state index in [1.807, 2.05) is 6.07 Å². The van der Waals surface area contributed by atoms with Crippen LogP contribution in [0.15, 0.2) is 52.0 Å². The summed E-state index contributed by atoms with van der Waals surface area (Å²) in [6.07, 6.45) is 0. The highest BCUT2D eigenvalue weighted by molar-refractivity contribution is 7.89. The van der Waals surface area contributed by atoms with E-state index in [0.29, 0.717) is 5.56 Å². The lowest BCUT2D eigenvalue weighted by molar-refractivity contribution is -0.133. The summed E-state index contributed by atoms with van der Waals surface area (Å²) in [5.41, 5.74) is 11.8. The van der Waals surface area contributed by atoms with E-state index in [2.05, 4.69) is 0 Å². The minimum absolute atomic E-state index is 0.0994. The average molecular weight is 392 g/mol. The Hall–Kier alpha value is -2.69. The van der Waals surface area contributed by atoms with Gasteiger partial charge in [0.2, 0.25) is 11.0 Å². The highest BCUT2D eigenvalue weighted by Gasteiger charge is 2.33. The van der Waals surface area contributed by atoms with Crippen LogP contribution in [0.4, 0.5) is 0 Å². The summed E-state index contributed by atoms with van der Waals surface area (Å²) in [7, 11) is -3.91. The first-order chi connectivity index (χ1) is 12.8. The van der Waals surface area contributed by atoms with Crippen molar-refractivity contribution in [3.63, 3.8) is 0 Å². The van der Waals surface area contributed by atoms with Crippen LogP contribution in [0.25, 0.3) is 0 Å². The molecule has 1 aromatic carbocycles. The fraction of sp³-hybridized carbons (Fsp3) is 0.294. The minimum Gasteiger partial charge on any atom is -0.438 e. The van der Waals surface area contributed by atoms with E-state index >= 15 is 0 Å². The van der Waals surface area contributed by atoms with E-state index in [0.717, 1.165) is 0 Å². The van der Waals surface area contributed by atoms with Crippen molar-refractivity contribution in [3.8, 4) is 0 Å². The highest BCUT2D eigenvalue weighted by atomic mass is 32.2. The van der Waals surface area contributed by atoms with Crippen LogP contribution >= 0.6 is 0 Å². The molecule has 144 valence electrons. The predicted octanol–water partition coefficient (Wildman–Crippen LogP) is -0.0886. The SMILES string of the molecule is NC(=O)c1ccc(S(=O)(=O)N2CCN(C(=O)C(N)c3ccccc3)CC2)o1. The van der Waals surface area contributed by atoms with Gasteiger partial charge in [-0.25, -0.2) is 8.42 Å². The van der Waals surface area contributed by atoms with Gasteiger partial charge in [-0.15, -0.1) is 0 Å². The number of piperazine rings is 1. The van der Waals surface area contributed by atoms with Crippen molar-refractivity contribution in [3.05, 3.63) is 53.8 Å². The molecule has 2 heterocycles. The van der Waals surface area contributed by atoms with Crippen LogP contribution in [-0.4, -0.2) is 55.6 Å². The zero-order valence-electron chi connectivity index (χ0n) is 14.4. The van der Waals surface area contributed by atoms with Gasteiger partial charge in [-0.1, -0.05) is 30.3 Å². The summed E-state index contributed by atoms with van der Waals surface area (Å²) in [6.45, 7) is 0.619. The third kappa shape index (κ3) is 3.87. The van der Waals surface area contributed by atoms with E-state index in [1.54, 1.807) is 29.2 Å². The molecule has 0 aliphatic carbocycles. The van der Waals surface area contributed by atoms with E-state index < -0.39 is 22.0 Å². The van der Waals surface area contributed by atoms with Crippen molar-refractivity contribution in [2.75, 3.05) is 26.2 Å². The van der Waals surface area contributed by atoms with Crippen molar-refractivity contribution in [2.24, 2.45) is 11.5 Å². The first-order valence-corrected chi connectivity index (χ1v) is 9.74. The number of amides is 2. The van der Waals surface area contributed by atoms with Crippen molar-refractivity contribution >= 4 is 21.8 Å². The van der Waals surface area contributed by atoms with Crippen molar-refractivity contribution in [1.29, 1.82) is 0 Å². The fourth-order valence-corrected chi connectivity index (χ4v) is 4.20. The number of rotatable bonds is 5. The Morgan fingerprint density at radius 2 is 1.63 bits per heavy atom. The van der Waals surface area contributed by atoms with Crippen LogP contribution in [0, 0.1) is 0 Å². The molecule has 1 unspecified atom stereocenters. The lowest BCUT2D eigenvalue weighted by atomic mass is 10.1. The Labute approximate surface area is 156 Å². The Morgan fingerprint density at radius 3 is 2.19 bits per heavy atom.